The van der Waals surface area contributed by atoms with Crippen LogP contribution in [-0.2, 0) is 11.3 Å². The lowest BCUT2D eigenvalue weighted by atomic mass is 10.2. The molecular formula is C19H20F2N4O. The van der Waals surface area contributed by atoms with Crippen molar-refractivity contribution in [1.29, 1.82) is 0 Å². The number of carbonyl (C=O) groups excluding carboxylic acids is 1. The molecule has 1 N–H and O–H groups in total. The topological polar surface area (TPSA) is 58.1 Å². The van der Waals surface area contributed by atoms with Crippen molar-refractivity contribution in [1.82, 2.24) is 15.3 Å². The van der Waals surface area contributed by atoms with Crippen LogP contribution in [0.5, 0.6) is 0 Å². The van der Waals surface area contributed by atoms with Crippen LogP contribution >= 0.6 is 0 Å². The average Bonchev–Trinajstić information content (AvgIpc) is 3.15. The van der Waals surface area contributed by atoms with Crippen LogP contribution in [0.2, 0.25) is 0 Å². The van der Waals surface area contributed by atoms with Gasteiger partial charge in [-0.15, -0.1) is 0 Å². The van der Waals surface area contributed by atoms with Gasteiger partial charge in [-0.3, -0.25) is 4.79 Å². The van der Waals surface area contributed by atoms with Gasteiger partial charge < -0.3 is 10.2 Å². The largest absolute Gasteiger partial charge is 0.347 e. The van der Waals surface area contributed by atoms with E-state index in [4.69, 9.17) is 0 Å². The normalized spacial score (nSPS) is 14.2. The van der Waals surface area contributed by atoms with Crippen molar-refractivity contribution < 1.29 is 13.6 Å². The molecule has 2 aromatic rings. The molecule has 3 rings (SSSR count). The Balaban J connectivity index is 1.62. The highest BCUT2D eigenvalue weighted by molar-refractivity contribution is 5.91. The van der Waals surface area contributed by atoms with Crippen LogP contribution in [0.4, 0.5) is 14.7 Å². The number of halogens is 2. The van der Waals surface area contributed by atoms with E-state index in [0.717, 1.165) is 49.8 Å². The zero-order valence-electron chi connectivity index (χ0n) is 14.5. The van der Waals surface area contributed by atoms with Gasteiger partial charge in [0.1, 0.15) is 11.6 Å². The molecule has 26 heavy (non-hydrogen) atoms. The number of benzene rings is 1. The summed E-state index contributed by atoms with van der Waals surface area (Å²) in [4.78, 5) is 23.0. The number of aromatic nitrogens is 2. The number of hydrogen-bond donors (Lipinski definition) is 1. The number of carbonyl (C=O) groups is 1. The second-order valence-corrected chi connectivity index (χ2v) is 6.21. The van der Waals surface area contributed by atoms with Gasteiger partial charge in [-0.05, 0) is 50.1 Å². The number of nitrogens with zero attached hydrogens (tertiary/aromatic N) is 3. The van der Waals surface area contributed by atoms with E-state index in [0.29, 0.717) is 11.6 Å². The summed E-state index contributed by atoms with van der Waals surface area (Å²) >= 11 is 0. The fraction of sp³-hybridized carbons (Fsp3) is 0.316. The van der Waals surface area contributed by atoms with E-state index in [1.807, 2.05) is 13.0 Å². The summed E-state index contributed by atoms with van der Waals surface area (Å²) in [6.07, 6.45) is 4.68. The maximum Gasteiger partial charge on any atom is 0.244 e. The van der Waals surface area contributed by atoms with Crippen LogP contribution in [0.3, 0.4) is 0 Å². The Morgan fingerprint density at radius 3 is 2.77 bits per heavy atom. The van der Waals surface area contributed by atoms with Crippen molar-refractivity contribution in [2.45, 2.75) is 26.3 Å². The molecule has 1 saturated heterocycles. The summed E-state index contributed by atoms with van der Waals surface area (Å²) in [5, 5.41) is 2.70. The van der Waals surface area contributed by atoms with E-state index in [1.54, 1.807) is 0 Å². The molecular weight excluding hydrogens is 338 g/mol. The summed E-state index contributed by atoms with van der Waals surface area (Å²) in [6.45, 7) is 4.01. The van der Waals surface area contributed by atoms with Crippen molar-refractivity contribution in [2.24, 2.45) is 0 Å². The summed E-state index contributed by atoms with van der Waals surface area (Å²) in [7, 11) is 0. The van der Waals surface area contributed by atoms with Crippen molar-refractivity contribution in [2.75, 3.05) is 18.0 Å². The Hall–Kier alpha value is -2.83. The summed E-state index contributed by atoms with van der Waals surface area (Å²) < 4.78 is 26.7. The second kappa shape index (κ2) is 8.03. The quantitative estimate of drug-likeness (QED) is 0.835. The van der Waals surface area contributed by atoms with Crippen LogP contribution in [0.25, 0.3) is 6.08 Å². The minimum absolute atomic E-state index is 0.0225. The first kappa shape index (κ1) is 18.0. The molecule has 0 saturated carbocycles. The van der Waals surface area contributed by atoms with Crippen molar-refractivity contribution in [3.8, 4) is 0 Å². The molecule has 1 aliphatic rings. The number of rotatable bonds is 5. The number of anilines is 1. The molecule has 0 aliphatic carbocycles. The van der Waals surface area contributed by atoms with Gasteiger partial charge in [-0.2, -0.15) is 0 Å². The molecule has 1 aromatic carbocycles. The van der Waals surface area contributed by atoms with Crippen LogP contribution < -0.4 is 10.2 Å². The number of nitrogens with one attached hydrogen (secondary N) is 1. The molecule has 0 bridgehead atoms. The van der Waals surface area contributed by atoms with Crippen LogP contribution in [0.15, 0.2) is 30.3 Å². The lowest BCUT2D eigenvalue weighted by Gasteiger charge is -2.16. The minimum atomic E-state index is -0.586. The first-order valence-electron chi connectivity index (χ1n) is 8.52. The molecule has 2 heterocycles. The summed E-state index contributed by atoms with van der Waals surface area (Å²) in [6, 6.07) is 4.91. The van der Waals surface area contributed by atoms with Gasteiger partial charge in [-0.1, -0.05) is 0 Å². The maximum atomic E-state index is 13.5. The van der Waals surface area contributed by atoms with Crippen LogP contribution in [-0.4, -0.2) is 29.0 Å². The zero-order chi connectivity index (χ0) is 18.5. The highest BCUT2D eigenvalue weighted by Gasteiger charge is 2.16. The van der Waals surface area contributed by atoms with E-state index < -0.39 is 17.5 Å². The lowest BCUT2D eigenvalue weighted by molar-refractivity contribution is -0.116. The van der Waals surface area contributed by atoms with E-state index >= 15 is 0 Å². The Bertz CT molecular complexity index is 832. The fourth-order valence-electron chi connectivity index (χ4n) is 2.81. The first-order valence-corrected chi connectivity index (χ1v) is 8.52. The SMILES string of the molecule is Cc1cc(CNC(=O)/C=C/c2cc(F)ccc2F)nc(N2CCCC2)n1. The van der Waals surface area contributed by atoms with Crippen molar-refractivity contribution in [3.05, 3.63) is 58.9 Å². The molecule has 0 radical (unpaired) electrons. The Labute approximate surface area is 150 Å². The molecule has 1 amide bonds. The first-order chi connectivity index (χ1) is 12.5. The molecule has 7 heteroatoms. The minimum Gasteiger partial charge on any atom is -0.347 e. The predicted octanol–water partition coefficient (Wildman–Crippen LogP) is 2.99. The predicted molar refractivity (Wildman–Crippen MR) is 95.5 cm³/mol. The van der Waals surface area contributed by atoms with Crippen LogP contribution in [0, 0.1) is 18.6 Å². The highest BCUT2D eigenvalue weighted by Crippen LogP contribution is 2.16. The van der Waals surface area contributed by atoms with E-state index in [9.17, 15) is 13.6 Å². The van der Waals surface area contributed by atoms with E-state index in [1.165, 1.54) is 12.2 Å². The van der Waals surface area contributed by atoms with Gasteiger partial charge >= 0.3 is 0 Å². The lowest BCUT2D eigenvalue weighted by Crippen LogP contribution is -2.24. The number of amides is 1. The molecule has 1 aromatic heterocycles. The third-order valence-corrected chi connectivity index (χ3v) is 4.10. The molecule has 1 fully saturated rings. The summed E-state index contributed by atoms with van der Waals surface area (Å²) in [5.41, 5.74) is 1.57. The van der Waals surface area contributed by atoms with Crippen molar-refractivity contribution in [3.63, 3.8) is 0 Å². The third kappa shape index (κ3) is 4.62. The van der Waals surface area contributed by atoms with E-state index in [2.05, 4.69) is 20.2 Å². The van der Waals surface area contributed by atoms with Gasteiger partial charge in [0.25, 0.3) is 0 Å². The second-order valence-electron chi connectivity index (χ2n) is 6.21. The fourth-order valence-corrected chi connectivity index (χ4v) is 2.81. The standard InChI is InChI=1S/C19H20F2N4O/c1-13-10-16(24-19(23-13)25-8-2-3-9-25)12-22-18(26)7-4-14-11-15(20)5-6-17(14)21/h4-7,10-11H,2-3,8-9,12H2,1H3,(H,22,26)/b7-4+. The Morgan fingerprint density at radius 1 is 1.23 bits per heavy atom. The number of aryl methyl sites for hydroxylation is 1. The molecule has 136 valence electrons. The van der Waals surface area contributed by atoms with Gasteiger partial charge in [0.15, 0.2) is 0 Å². The van der Waals surface area contributed by atoms with Crippen molar-refractivity contribution >= 4 is 17.9 Å². The van der Waals surface area contributed by atoms with Gasteiger partial charge in [-0.25, -0.2) is 18.7 Å². The van der Waals surface area contributed by atoms with Gasteiger partial charge in [0.05, 0.1) is 12.2 Å². The Kier molecular flexibility index (Phi) is 5.55. The number of hydrogen-bond acceptors (Lipinski definition) is 4. The maximum absolute atomic E-state index is 13.5. The zero-order valence-corrected chi connectivity index (χ0v) is 14.5. The summed E-state index contributed by atoms with van der Waals surface area (Å²) in [5.74, 6) is -0.869. The monoisotopic (exact) mass is 358 g/mol. The molecule has 1 aliphatic heterocycles. The molecule has 5 nitrogen and oxygen atoms in total. The van der Waals surface area contributed by atoms with Gasteiger partial charge in [0, 0.05) is 30.4 Å². The van der Waals surface area contributed by atoms with Gasteiger partial charge in [0.2, 0.25) is 11.9 Å². The molecule has 0 spiro atoms. The van der Waals surface area contributed by atoms with E-state index in [-0.39, 0.29) is 12.1 Å². The highest BCUT2D eigenvalue weighted by atomic mass is 19.1. The smallest absolute Gasteiger partial charge is 0.244 e. The van der Waals surface area contributed by atoms with Crippen LogP contribution in [0.1, 0.15) is 29.8 Å². The average molecular weight is 358 g/mol. The molecule has 0 atom stereocenters. The Morgan fingerprint density at radius 2 is 2.00 bits per heavy atom. The third-order valence-electron chi connectivity index (χ3n) is 4.10. The molecule has 0 unspecified atom stereocenters.